The van der Waals surface area contributed by atoms with Gasteiger partial charge in [0, 0.05) is 19.6 Å². The molecule has 2 aliphatic heterocycles. The van der Waals surface area contributed by atoms with E-state index < -0.39 is 0 Å². The largest absolute Gasteiger partial charge is 0.335 e. The number of aromatic nitrogens is 2. The fourth-order valence-corrected chi connectivity index (χ4v) is 3.67. The minimum Gasteiger partial charge on any atom is -0.335 e. The number of hydrogen-bond acceptors (Lipinski definition) is 3. The van der Waals surface area contributed by atoms with Gasteiger partial charge in [0.15, 0.2) is 0 Å². The average molecular weight is 297 g/mol. The fourth-order valence-electron chi connectivity index (χ4n) is 3.32. The Balaban J connectivity index is 1.78. The maximum absolute atomic E-state index is 12.5. The zero-order chi connectivity index (χ0) is 14.3. The van der Waals surface area contributed by atoms with Crippen LogP contribution in [0.2, 0.25) is 5.02 Å². The van der Waals surface area contributed by atoms with Crippen molar-refractivity contribution in [2.24, 2.45) is 13.0 Å². The highest BCUT2D eigenvalue weighted by Crippen LogP contribution is 2.29. The van der Waals surface area contributed by atoms with Crippen LogP contribution in [0, 0.1) is 5.92 Å². The summed E-state index contributed by atoms with van der Waals surface area (Å²) in [4.78, 5) is 14.4. The van der Waals surface area contributed by atoms with Crippen LogP contribution in [-0.4, -0.2) is 39.7 Å². The van der Waals surface area contributed by atoms with Gasteiger partial charge in [0.1, 0.15) is 0 Å². The molecular formula is C14H21ClN4O. The fraction of sp³-hybridized carbons (Fsp3) is 0.714. The van der Waals surface area contributed by atoms with Gasteiger partial charge in [0.2, 0.25) is 5.91 Å². The summed E-state index contributed by atoms with van der Waals surface area (Å²) in [6.07, 6.45) is 2.91. The third-order valence-corrected chi connectivity index (χ3v) is 4.91. The van der Waals surface area contributed by atoms with Gasteiger partial charge in [-0.1, -0.05) is 18.5 Å². The van der Waals surface area contributed by atoms with Gasteiger partial charge in [-0.15, -0.1) is 0 Å². The first-order valence-electron chi connectivity index (χ1n) is 7.34. The summed E-state index contributed by atoms with van der Waals surface area (Å²) in [6, 6.07) is 0.314. The van der Waals surface area contributed by atoms with Crippen molar-refractivity contribution in [1.82, 2.24) is 20.0 Å². The smallest absolute Gasteiger partial charge is 0.227 e. The van der Waals surface area contributed by atoms with Gasteiger partial charge in [-0.05, 0) is 25.8 Å². The van der Waals surface area contributed by atoms with E-state index in [0.717, 1.165) is 43.7 Å². The number of fused-ring (bicyclic) bond motifs is 1. The number of piperidine rings is 1. The quantitative estimate of drug-likeness (QED) is 0.916. The van der Waals surface area contributed by atoms with Gasteiger partial charge in [-0.3, -0.25) is 9.48 Å². The lowest BCUT2D eigenvalue weighted by molar-refractivity contribution is -0.132. The van der Waals surface area contributed by atoms with Crippen molar-refractivity contribution in [1.29, 1.82) is 0 Å². The number of carbonyl (C=O) groups is 1. The summed E-state index contributed by atoms with van der Waals surface area (Å²) < 4.78 is 1.81. The highest BCUT2D eigenvalue weighted by atomic mass is 35.5. The molecular weight excluding hydrogens is 276 g/mol. The summed E-state index contributed by atoms with van der Waals surface area (Å²) in [5.74, 6) is 0.416. The maximum Gasteiger partial charge on any atom is 0.227 e. The Morgan fingerprint density at radius 1 is 1.50 bits per heavy atom. The van der Waals surface area contributed by atoms with Crippen molar-refractivity contribution < 1.29 is 4.79 Å². The summed E-state index contributed by atoms with van der Waals surface area (Å²) in [7, 11) is 1.90. The molecule has 0 spiro atoms. The Morgan fingerprint density at radius 3 is 2.95 bits per heavy atom. The molecule has 3 rings (SSSR count). The highest BCUT2D eigenvalue weighted by molar-refractivity contribution is 6.31. The molecule has 1 aromatic rings. The number of nitrogens with one attached hydrogen (secondary N) is 1. The molecule has 5 nitrogen and oxygen atoms in total. The molecule has 0 saturated carbocycles. The molecule has 1 aromatic heterocycles. The molecule has 0 bridgehead atoms. The third-order valence-electron chi connectivity index (χ3n) is 4.47. The molecule has 1 N–H and O–H groups in total. The first kappa shape index (κ1) is 13.9. The Hall–Kier alpha value is -1.07. The van der Waals surface area contributed by atoms with Crippen molar-refractivity contribution in [2.75, 3.05) is 13.1 Å². The molecule has 2 unspecified atom stereocenters. The summed E-state index contributed by atoms with van der Waals surface area (Å²) in [5.41, 5.74) is 1.85. The van der Waals surface area contributed by atoms with Crippen LogP contribution in [0.3, 0.4) is 0 Å². The van der Waals surface area contributed by atoms with E-state index in [0.29, 0.717) is 17.6 Å². The molecule has 2 fully saturated rings. The van der Waals surface area contributed by atoms with Crippen LogP contribution in [0.25, 0.3) is 0 Å². The maximum atomic E-state index is 12.5. The SMILES string of the molecule is CCc1nn(C)c(CN2CC3NCCCC3C2=O)c1Cl. The van der Waals surface area contributed by atoms with Gasteiger partial charge < -0.3 is 10.2 Å². The topological polar surface area (TPSA) is 50.2 Å². The Bertz CT molecular complexity index is 527. The van der Waals surface area contributed by atoms with E-state index in [4.69, 9.17) is 11.6 Å². The van der Waals surface area contributed by atoms with Crippen molar-refractivity contribution in [2.45, 2.75) is 38.8 Å². The highest BCUT2D eigenvalue weighted by Gasteiger charge is 2.41. The molecule has 0 radical (unpaired) electrons. The zero-order valence-electron chi connectivity index (χ0n) is 12.0. The molecule has 6 heteroatoms. The second-order valence-electron chi connectivity index (χ2n) is 5.71. The van der Waals surface area contributed by atoms with E-state index >= 15 is 0 Å². The van der Waals surface area contributed by atoms with Crippen LogP contribution >= 0.6 is 11.6 Å². The number of aryl methyl sites for hydroxylation is 2. The van der Waals surface area contributed by atoms with Crippen LogP contribution in [0.5, 0.6) is 0 Å². The van der Waals surface area contributed by atoms with Crippen molar-refractivity contribution in [3.63, 3.8) is 0 Å². The van der Waals surface area contributed by atoms with Crippen LogP contribution < -0.4 is 5.32 Å². The van der Waals surface area contributed by atoms with Crippen molar-refractivity contribution >= 4 is 17.5 Å². The Labute approximate surface area is 124 Å². The van der Waals surface area contributed by atoms with E-state index in [1.54, 1.807) is 0 Å². The standard InChI is InChI=1S/C14H21ClN4O/c1-3-10-13(15)12(18(2)17-10)8-19-7-11-9(14(19)20)5-4-6-16-11/h9,11,16H,3-8H2,1-2H3. The lowest BCUT2D eigenvalue weighted by Crippen LogP contribution is -2.41. The molecule has 2 saturated heterocycles. The van der Waals surface area contributed by atoms with E-state index in [1.807, 2.05) is 23.6 Å². The third kappa shape index (κ3) is 2.23. The van der Waals surface area contributed by atoms with Crippen molar-refractivity contribution in [3.05, 3.63) is 16.4 Å². The number of halogens is 1. The number of hydrogen-bond donors (Lipinski definition) is 1. The number of rotatable bonds is 3. The molecule has 0 aromatic carbocycles. The van der Waals surface area contributed by atoms with Gasteiger partial charge in [-0.25, -0.2) is 0 Å². The van der Waals surface area contributed by atoms with Crippen LogP contribution in [-0.2, 0) is 24.8 Å². The monoisotopic (exact) mass is 296 g/mol. The molecule has 2 atom stereocenters. The first-order chi connectivity index (χ1) is 9.61. The van der Waals surface area contributed by atoms with Gasteiger partial charge in [0.25, 0.3) is 0 Å². The predicted octanol–water partition coefficient (Wildman–Crippen LogP) is 1.35. The minimum absolute atomic E-state index is 0.154. The second-order valence-corrected chi connectivity index (χ2v) is 6.09. The number of amides is 1. The van der Waals surface area contributed by atoms with Crippen LogP contribution in [0.4, 0.5) is 0 Å². The van der Waals surface area contributed by atoms with E-state index in [1.165, 1.54) is 0 Å². The molecule has 2 aliphatic rings. The van der Waals surface area contributed by atoms with Crippen LogP contribution in [0.1, 0.15) is 31.2 Å². The van der Waals surface area contributed by atoms with E-state index in [9.17, 15) is 4.79 Å². The number of likely N-dealkylation sites (tertiary alicyclic amines) is 1. The second kappa shape index (κ2) is 5.37. The molecule has 20 heavy (non-hydrogen) atoms. The zero-order valence-corrected chi connectivity index (χ0v) is 12.8. The summed E-state index contributed by atoms with van der Waals surface area (Å²) in [6.45, 7) is 4.41. The lowest BCUT2D eigenvalue weighted by atomic mass is 9.94. The molecule has 0 aliphatic carbocycles. The first-order valence-corrected chi connectivity index (χ1v) is 7.72. The van der Waals surface area contributed by atoms with E-state index in [2.05, 4.69) is 10.4 Å². The van der Waals surface area contributed by atoms with Gasteiger partial charge >= 0.3 is 0 Å². The number of carbonyl (C=O) groups excluding carboxylic acids is 1. The number of nitrogens with zero attached hydrogens (tertiary/aromatic N) is 3. The van der Waals surface area contributed by atoms with Crippen molar-refractivity contribution in [3.8, 4) is 0 Å². The lowest BCUT2D eigenvalue weighted by Gasteiger charge is -2.23. The van der Waals surface area contributed by atoms with E-state index in [-0.39, 0.29) is 11.8 Å². The molecule has 3 heterocycles. The Morgan fingerprint density at radius 2 is 2.30 bits per heavy atom. The average Bonchev–Trinajstić information content (AvgIpc) is 2.91. The van der Waals surface area contributed by atoms with Gasteiger partial charge in [0.05, 0.1) is 28.9 Å². The Kier molecular flexibility index (Phi) is 3.73. The van der Waals surface area contributed by atoms with Gasteiger partial charge in [-0.2, -0.15) is 5.10 Å². The predicted molar refractivity (Wildman–Crippen MR) is 77.5 cm³/mol. The minimum atomic E-state index is 0.154. The summed E-state index contributed by atoms with van der Waals surface area (Å²) >= 11 is 6.37. The molecule has 110 valence electrons. The normalized spacial score (nSPS) is 26.1. The molecule has 1 amide bonds. The summed E-state index contributed by atoms with van der Waals surface area (Å²) in [5, 5.41) is 8.59. The van der Waals surface area contributed by atoms with Crippen LogP contribution in [0.15, 0.2) is 0 Å².